The van der Waals surface area contributed by atoms with Gasteiger partial charge in [-0.15, -0.1) is 0 Å². The van der Waals surface area contributed by atoms with E-state index in [4.69, 9.17) is 21.2 Å². The number of H-pyrrole nitrogens is 1. The number of nitrogens with zero attached hydrogens (tertiary/aromatic N) is 1. The molecule has 0 amide bonds. The molecule has 0 saturated carbocycles. The third kappa shape index (κ3) is 1.56. The van der Waals surface area contributed by atoms with Gasteiger partial charge in [0.05, 0.1) is 5.02 Å². The minimum Gasteiger partial charge on any atom is -0.476 e. The monoisotopic (exact) mass is 262 g/mol. The molecular weight excluding hydrogens is 256 g/mol. The van der Waals surface area contributed by atoms with E-state index in [-0.39, 0.29) is 5.69 Å². The van der Waals surface area contributed by atoms with Crippen molar-refractivity contribution in [2.24, 2.45) is 0 Å². The second-order valence-electron chi connectivity index (χ2n) is 3.75. The third-order valence-corrected chi connectivity index (χ3v) is 2.96. The van der Waals surface area contributed by atoms with Gasteiger partial charge in [-0.25, -0.2) is 4.79 Å². The number of carboxylic acid groups (broad SMARTS) is 1. The SMILES string of the molecule is O=C(O)c1cc(-c2c[nH]c3cccc(Cl)c23)on1. The first-order chi connectivity index (χ1) is 8.66. The summed E-state index contributed by atoms with van der Waals surface area (Å²) in [5, 5.41) is 13.6. The van der Waals surface area contributed by atoms with Gasteiger partial charge in [0.1, 0.15) is 0 Å². The fourth-order valence-electron chi connectivity index (χ4n) is 1.84. The Balaban J connectivity index is 2.22. The smallest absolute Gasteiger partial charge is 0.358 e. The molecule has 0 aliphatic carbocycles. The number of hydrogen-bond donors (Lipinski definition) is 2. The fourth-order valence-corrected chi connectivity index (χ4v) is 2.11. The van der Waals surface area contributed by atoms with Gasteiger partial charge >= 0.3 is 5.97 Å². The Labute approximate surface area is 106 Å². The van der Waals surface area contributed by atoms with Crippen LogP contribution in [0.3, 0.4) is 0 Å². The van der Waals surface area contributed by atoms with Crippen LogP contribution in [-0.2, 0) is 0 Å². The zero-order chi connectivity index (χ0) is 12.7. The molecule has 0 saturated heterocycles. The molecule has 0 radical (unpaired) electrons. The number of carbonyl (C=O) groups is 1. The average molecular weight is 263 g/mol. The van der Waals surface area contributed by atoms with Gasteiger partial charge in [0.15, 0.2) is 11.5 Å². The Morgan fingerprint density at radius 1 is 1.44 bits per heavy atom. The van der Waals surface area contributed by atoms with Gasteiger partial charge in [-0.05, 0) is 12.1 Å². The topological polar surface area (TPSA) is 79.1 Å². The molecule has 1 aromatic carbocycles. The first-order valence-corrected chi connectivity index (χ1v) is 5.50. The van der Waals surface area contributed by atoms with Crippen LogP contribution >= 0.6 is 11.6 Å². The van der Waals surface area contributed by atoms with E-state index < -0.39 is 5.97 Å². The zero-order valence-electron chi connectivity index (χ0n) is 8.98. The summed E-state index contributed by atoms with van der Waals surface area (Å²) < 4.78 is 5.02. The minimum atomic E-state index is -1.13. The van der Waals surface area contributed by atoms with Gasteiger partial charge in [-0.1, -0.05) is 22.8 Å². The summed E-state index contributed by atoms with van der Waals surface area (Å²) in [6, 6.07) is 6.83. The van der Waals surface area contributed by atoms with Crippen LogP contribution in [0.2, 0.25) is 5.02 Å². The van der Waals surface area contributed by atoms with E-state index in [0.29, 0.717) is 16.3 Å². The van der Waals surface area contributed by atoms with Crippen LogP contribution in [0.1, 0.15) is 10.5 Å². The standard InChI is InChI=1S/C12H7ClN2O3/c13-7-2-1-3-8-11(7)6(5-14-8)10-4-9(12(16)17)15-18-10/h1-5,14H,(H,16,17). The molecule has 0 spiro atoms. The number of aromatic carboxylic acids is 1. The van der Waals surface area contributed by atoms with Crippen molar-refractivity contribution in [2.75, 3.05) is 0 Å². The van der Waals surface area contributed by atoms with E-state index in [1.54, 1.807) is 12.3 Å². The van der Waals surface area contributed by atoms with Crippen molar-refractivity contribution < 1.29 is 14.4 Å². The number of aromatic nitrogens is 2. The van der Waals surface area contributed by atoms with Crippen molar-refractivity contribution in [3.8, 4) is 11.3 Å². The molecule has 2 aromatic heterocycles. The van der Waals surface area contributed by atoms with Gasteiger partial charge in [0.25, 0.3) is 0 Å². The molecule has 3 rings (SSSR count). The molecule has 5 nitrogen and oxygen atoms in total. The van der Waals surface area contributed by atoms with Crippen LogP contribution in [0, 0.1) is 0 Å². The lowest BCUT2D eigenvalue weighted by molar-refractivity contribution is 0.0686. The number of halogens is 1. The van der Waals surface area contributed by atoms with Crippen LogP contribution in [-0.4, -0.2) is 21.2 Å². The number of nitrogens with one attached hydrogen (secondary N) is 1. The average Bonchev–Trinajstić information content (AvgIpc) is 2.94. The third-order valence-electron chi connectivity index (χ3n) is 2.65. The predicted octanol–water partition coefficient (Wildman–Crippen LogP) is 3.17. The van der Waals surface area contributed by atoms with E-state index in [1.165, 1.54) is 6.07 Å². The first-order valence-electron chi connectivity index (χ1n) is 5.13. The van der Waals surface area contributed by atoms with Crippen LogP contribution in [0.15, 0.2) is 35.0 Å². The molecule has 0 aliphatic rings. The summed E-state index contributed by atoms with van der Waals surface area (Å²) in [6.45, 7) is 0. The Kier molecular flexibility index (Phi) is 2.34. The van der Waals surface area contributed by atoms with Gasteiger partial charge in [0, 0.05) is 28.7 Å². The number of rotatable bonds is 2. The van der Waals surface area contributed by atoms with Gasteiger partial charge in [-0.3, -0.25) is 0 Å². The maximum atomic E-state index is 10.8. The molecule has 90 valence electrons. The van der Waals surface area contributed by atoms with E-state index in [9.17, 15) is 4.79 Å². The highest BCUT2D eigenvalue weighted by Gasteiger charge is 2.16. The van der Waals surface area contributed by atoms with Crippen molar-refractivity contribution >= 4 is 28.5 Å². The van der Waals surface area contributed by atoms with Gasteiger partial charge in [0.2, 0.25) is 0 Å². The number of benzene rings is 1. The Morgan fingerprint density at radius 2 is 2.28 bits per heavy atom. The number of fused-ring (bicyclic) bond motifs is 1. The molecule has 0 bridgehead atoms. The lowest BCUT2D eigenvalue weighted by atomic mass is 10.1. The molecular formula is C12H7ClN2O3. The van der Waals surface area contributed by atoms with Gasteiger partial charge in [-0.2, -0.15) is 0 Å². The summed E-state index contributed by atoms with van der Waals surface area (Å²) in [4.78, 5) is 13.8. The van der Waals surface area contributed by atoms with Crippen LogP contribution in [0.4, 0.5) is 0 Å². The summed E-state index contributed by atoms with van der Waals surface area (Å²) in [6.07, 6.45) is 1.71. The van der Waals surface area contributed by atoms with Gasteiger partial charge < -0.3 is 14.6 Å². The molecule has 0 fully saturated rings. The molecule has 0 aliphatic heterocycles. The lowest BCUT2D eigenvalue weighted by Crippen LogP contribution is -1.94. The quantitative estimate of drug-likeness (QED) is 0.743. The Morgan fingerprint density at radius 3 is 3.00 bits per heavy atom. The van der Waals surface area contributed by atoms with Crippen molar-refractivity contribution in [3.63, 3.8) is 0 Å². The summed E-state index contributed by atoms with van der Waals surface area (Å²) >= 11 is 6.12. The largest absolute Gasteiger partial charge is 0.476 e. The number of carboxylic acids is 1. The molecule has 0 unspecified atom stereocenters. The Bertz CT molecular complexity index is 745. The fraction of sp³-hybridized carbons (Fsp3) is 0. The number of hydrogen-bond acceptors (Lipinski definition) is 3. The van der Waals surface area contributed by atoms with Crippen molar-refractivity contribution in [2.45, 2.75) is 0 Å². The molecule has 0 atom stereocenters. The maximum Gasteiger partial charge on any atom is 0.358 e. The van der Waals surface area contributed by atoms with E-state index in [0.717, 1.165) is 10.9 Å². The van der Waals surface area contributed by atoms with E-state index in [1.807, 2.05) is 12.1 Å². The van der Waals surface area contributed by atoms with Crippen LogP contribution < -0.4 is 0 Å². The van der Waals surface area contributed by atoms with Crippen LogP contribution in [0.25, 0.3) is 22.2 Å². The normalized spacial score (nSPS) is 10.9. The first kappa shape index (κ1) is 10.9. The second-order valence-corrected chi connectivity index (χ2v) is 4.15. The van der Waals surface area contributed by atoms with E-state index in [2.05, 4.69) is 10.1 Å². The maximum absolute atomic E-state index is 10.8. The highest BCUT2D eigenvalue weighted by molar-refractivity contribution is 6.36. The minimum absolute atomic E-state index is 0.133. The summed E-state index contributed by atoms with van der Waals surface area (Å²) in [5.41, 5.74) is 1.41. The predicted molar refractivity (Wildman–Crippen MR) is 65.8 cm³/mol. The molecule has 6 heteroatoms. The highest BCUT2D eigenvalue weighted by atomic mass is 35.5. The second kappa shape index (κ2) is 3.89. The molecule has 18 heavy (non-hydrogen) atoms. The zero-order valence-corrected chi connectivity index (χ0v) is 9.73. The van der Waals surface area contributed by atoms with Crippen molar-refractivity contribution in [3.05, 3.63) is 41.2 Å². The number of aromatic amines is 1. The summed E-state index contributed by atoms with van der Waals surface area (Å²) in [7, 11) is 0. The molecule has 2 heterocycles. The lowest BCUT2D eigenvalue weighted by Gasteiger charge is -1.95. The molecule has 2 N–H and O–H groups in total. The van der Waals surface area contributed by atoms with Crippen LogP contribution in [0.5, 0.6) is 0 Å². The summed E-state index contributed by atoms with van der Waals surface area (Å²) in [5.74, 6) is -0.761. The van der Waals surface area contributed by atoms with Crippen molar-refractivity contribution in [1.29, 1.82) is 0 Å². The Hall–Kier alpha value is -2.27. The van der Waals surface area contributed by atoms with Crippen molar-refractivity contribution in [1.82, 2.24) is 10.1 Å². The molecule has 3 aromatic rings. The van der Waals surface area contributed by atoms with E-state index >= 15 is 0 Å². The highest BCUT2D eigenvalue weighted by Crippen LogP contribution is 2.33.